The van der Waals surface area contributed by atoms with Crippen molar-refractivity contribution in [3.05, 3.63) is 34.1 Å². The van der Waals surface area contributed by atoms with E-state index in [1.54, 1.807) is 6.92 Å². The molecule has 1 fully saturated rings. The van der Waals surface area contributed by atoms with Crippen LogP contribution in [-0.4, -0.2) is 30.4 Å². The molecule has 6 nitrogen and oxygen atoms in total. The monoisotopic (exact) mass is 288 g/mol. The maximum Gasteiger partial charge on any atom is 0.274 e. The smallest absolute Gasteiger partial charge is 0.274 e. The van der Waals surface area contributed by atoms with Crippen molar-refractivity contribution in [1.29, 1.82) is 0 Å². The van der Waals surface area contributed by atoms with Gasteiger partial charge in [0.2, 0.25) is 0 Å². The average molecular weight is 288 g/mol. The maximum absolute atomic E-state index is 13.3. The molecule has 19 heavy (non-hydrogen) atoms. The van der Waals surface area contributed by atoms with Crippen molar-refractivity contribution in [1.82, 2.24) is 0 Å². The topological polar surface area (TPSA) is 89.3 Å². The van der Waals surface area contributed by atoms with E-state index >= 15 is 0 Å². The third-order valence-electron chi connectivity index (χ3n) is 3.04. The SMILES string of the molecule is CC1(Nc2cc(F)cc([N+](=O)[O-])c2)CCS(=O)(=O)C1. The fourth-order valence-electron chi connectivity index (χ4n) is 2.21. The van der Waals surface area contributed by atoms with Crippen LogP contribution in [0.2, 0.25) is 0 Å². The van der Waals surface area contributed by atoms with Crippen LogP contribution < -0.4 is 5.32 Å². The Hall–Kier alpha value is -1.70. The van der Waals surface area contributed by atoms with Gasteiger partial charge < -0.3 is 5.32 Å². The number of nitro benzene ring substituents is 1. The molecule has 0 amide bonds. The predicted molar refractivity (Wildman–Crippen MR) is 68.4 cm³/mol. The van der Waals surface area contributed by atoms with E-state index in [4.69, 9.17) is 0 Å². The number of hydrogen-bond donors (Lipinski definition) is 1. The number of nitro groups is 1. The van der Waals surface area contributed by atoms with Crippen molar-refractivity contribution in [2.45, 2.75) is 18.9 Å². The van der Waals surface area contributed by atoms with Gasteiger partial charge in [-0.25, -0.2) is 12.8 Å². The standard InChI is InChI=1S/C11H13FN2O4S/c1-11(2-3-19(17,18)7-11)13-9-4-8(12)5-10(6-9)14(15)16/h4-6,13H,2-3,7H2,1H3. The highest BCUT2D eigenvalue weighted by Crippen LogP contribution is 2.29. The van der Waals surface area contributed by atoms with Crippen LogP contribution in [-0.2, 0) is 9.84 Å². The van der Waals surface area contributed by atoms with E-state index in [9.17, 15) is 22.9 Å². The van der Waals surface area contributed by atoms with Crippen molar-refractivity contribution >= 4 is 21.2 Å². The Morgan fingerprint density at radius 3 is 2.63 bits per heavy atom. The van der Waals surface area contributed by atoms with Crippen molar-refractivity contribution in [3.8, 4) is 0 Å². The summed E-state index contributed by atoms with van der Waals surface area (Å²) < 4.78 is 36.2. The van der Waals surface area contributed by atoms with E-state index in [1.165, 1.54) is 6.07 Å². The molecule has 104 valence electrons. The fourth-order valence-corrected chi connectivity index (χ4v) is 4.30. The summed E-state index contributed by atoms with van der Waals surface area (Å²) in [6.07, 6.45) is 0.389. The number of anilines is 1. The quantitative estimate of drug-likeness (QED) is 0.675. The number of non-ortho nitro benzene ring substituents is 1. The number of rotatable bonds is 3. The minimum absolute atomic E-state index is 0.0634. The summed E-state index contributed by atoms with van der Waals surface area (Å²) in [5.41, 5.74) is -0.876. The summed E-state index contributed by atoms with van der Waals surface area (Å²) in [7, 11) is -3.10. The van der Waals surface area contributed by atoms with Gasteiger partial charge in [-0.3, -0.25) is 10.1 Å². The van der Waals surface area contributed by atoms with E-state index in [-0.39, 0.29) is 22.9 Å². The molecule has 0 aromatic heterocycles. The number of halogens is 1. The lowest BCUT2D eigenvalue weighted by Gasteiger charge is -2.25. The molecule has 1 aromatic carbocycles. The molecule has 0 aliphatic carbocycles. The molecule has 1 aromatic rings. The lowest BCUT2D eigenvalue weighted by molar-refractivity contribution is -0.385. The first kappa shape index (κ1) is 13.7. The fraction of sp³-hybridized carbons (Fsp3) is 0.455. The second-order valence-electron chi connectivity index (χ2n) is 4.98. The molecule has 1 aliphatic rings. The van der Waals surface area contributed by atoms with Crippen LogP contribution in [0.1, 0.15) is 13.3 Å². The zero-order valence-electron chi connectivity index (χ0n) is 10.2. The van der Waals surface area contributed by atoms with E-state index < -0.39 is 26.1 Å². The molecule has 0 saturated carbocycles. The largest absolute Gasteiger partial charge is 0.379 e. The maximum atomic E-state index is 13.3. The second kappa shape index (κ2) is 4.44. The third kappa shape index (κ3) is 3.19. The van der Waals surface area contributed by atoms with Crippen molar-refractivity contribution in [2.24, 2.45) is 0 Å². The number of nitrogens with zero attached hydrogens (tertiary/aromatic N) is 1. The Balaban J connectivity index is 2.27. The van der Waals surface area contributed by atoms with Gasteiger partial charge in [-0.1, -0.05) is 0 Å². The summed E-state index contributed by atoms with van der Waals surface area (Å²) >= 11 is 0. The van der Waals surface area contributed by atoms with Crippen molar-refractivity contribution < 1.29 is 17.7 Å². The van der Waals surface area contributed by atoms with Gasteiger partial charge in [0.25, 0.3) is 5.69 Å². The third-order valence-corrected chi connectivity index (χ3v) is 4.95. The normalized spacial score (nSPS) is 25.2. The number of hydrogen-bond acceptors (Lipinski definition) is 5. The zero-order valence-corrected chi connectivity index (χ0v) is 11.0. The summed E-state index contributed by atoms with van der Waals surface area (Å²) in [6.45, 7) is 1.70. The molecule has 1 atom stereocenters. The van der Waals surface area contributed by atoms with E-state index in [0.29, 0.717) is 6.42 Å². The predicted octanol–water partition coefficient (Wildman–Crippen LogP) is 1.72. The van der Waals surface area contributed by atoms with Crippen molar-refractivity contribution in [3.63, 3.8) is 0 Å². The van der Waals surface area contributed by atoms with Crippen LogP contribution in [0.3, 0.4) is 0 Å². The molecule has 0 bridgehead atoms. The number of sulfone groups is 1. The van der Waals surface area contributed by atoms with Gasteiger partial charge in [0.05, 0.1) is 22.5 Å². The Bertz CT molecular complexity index is 632. The second-order valence-corrected chi connectivity index (χ2v) is 7.17. The average Bonchev–Trinajstić information content (AvgIpc) is 2.51. The van der Waals surface area contributed by atoms with Gasteiger partial charge >= 0.3 is 0 Å². The highest BCUT2D eigenvalue weighted by atomic mass is 32.2. The van der Waals surface area contributed by atoms with Gasteiger partial charge in [-0.15, -0.1) is 0 Å². The van der Waals surface area contributed by atoms with Gasteiger partial charge in [0.1, 0.15) is 5.82 Å². The zero-order chi connectivity index (χ0) is 14.3. The number of benzene rings is 1. The summed E-state index contributed by atoms with van der Waals surface area (Å²) in [6, 6.07) is 3.13. The minimum atomic E-state index is -3.10. The van der Waals surface area contributed by atoms with Crippen LogP contribution in [0.4, 0.5) is 15.8 Å². The molecule has 1 aliphatic heterocycles. The van der Waals surface area contributed by atoms with E-state index in [1.807, 2.05) is 0 Å². The lowest BCUT2D eigenvalue weighted by atomic mass is 10.0. The summed E-state index contributed by atoms with van der Waals surface area (Å²) in [5, 5.41) is 13.5. The first-order valence-electron chi connectivity index (χ1n) is 5.63. The molecular weight excluding hydrogens is 275 g/mol. The summed E-state index contributed by atoms with van der Waals surface area (Å²) in [4.78, 5) is 9.95. The van der Waals surface area contributed by atoms with E-state index in [2.05, 4.69) is 5.32 Å². The molecule has 8 heteroatoms. The molecule has 0 radical (unpaired) electrons. The Kier molecular flexibility index (Phi) is 3.21. The Labute approximate surface area is 109 Å². The van der Waals surface area contributed by atoms with Crippen LogP contribution in [0.25, 0.3) is 0 Å². The minimum Gasteiger partial charge on any atom is -0.379 e. The Morgan fingerprint density at radius 1 is 1.42 bits per heavy atom. The van der Waals surface area contributed by atoms with Crippen LogP contribution in [0, 0.1) is 15.9 Å². The first-order valence-corrected chi connectivity index (χ1v) is 7.45. The van der Waals surface area contributed by atoms with Crippen LogP contribution in [0.5, 0.6) is 0 Å². The molecule has 0 spiro atoms. The summed E-state index contributed by atoms with van der Waals surface area (Å²) in [5.74, 6) is -0.737. The van der Waals surface area contributed by atoms with Gasteiger partial charge in [0.15, 0.2) is 9.84 Å². The van der Waals surface area contributed by atoms with Crippen LogP contribution in [0.15, 0.2) is 18.2 Å². The highest BCUT2D eigenvalue weighted by molar-refractivity contribution is 7.91. The highest BCUT2D eigenvalue weighted by Gasteiger charge is 2.38. The van der Waals surface area contributed by atoms with Gasteiger partial charge in [-0.05, 0) is 19.4 Å². The lowest BCUT2D eigenvalue weighted by Crippen LogP contribution is -2.35. The first-order chi connectivity index (χ1) is 8.69. The number of nitrogens with one attached hydrogen (secondary N) is 1. The molecular formula is C11H13FN2O4S. The van der Waals surface area contributed by atoms with E-state index in [0.717, 1.165) is 12.1 Å². The van der Waals surface area contributed by atoms with Crippen molar-refractivity contribution in [2.75, 3.05) is 16.8 Å². The molecule has 2 rings (SSSR count). The molecule has 1 heterocycles. The van der Waals surface area contributed by atoms with Gasteiger partial charge in [0, 0.05) is 17.3 Å². The molecule has 1 N–H and O–H groups in total. The van der Waals surface area contributed by atoms with Crippen LogP contribution >= 0.6 is 0 Å². The Morgan fingerprint density at radius 2 is 2.11 bits per heavy atom. The van der Waals surface area contributed by atoms with Gasteiger partial charge in [-0.2, -0.15) is 0 Å². The molecule has 1 saturated heterocycles. The molecule has 1 unspecified atom stereocenters.